The highest BCUT2D eigenvalue weighted by atomic mass is 32.2. The lowest BCUT2D eigenvalue weighted by molar-refractivity contribution is -0.113. The fraction of sp³-hybridized carbons (Fsp3) is 0.188. The number of benzene rings is 2. The highest BCUT2D eigenvalue weighted by Gasteiger charge is 2.05. The number of nitrogens with two attached hydrogens (primary N) is 1. The third-order valence-corrected chi connectivity index (χ3v) is 3.96. The summed E-state index contributed by atoms with van der Waals surface area (Å²) in [7, 11) is 0. The van der Waals surface area contributed by atoms with Crippen molar-refractivity contribution in [2.24, 2.45) is 5.73 Å². The number of hydrogen-bond donors (Lipinski definition) is 2. The minimum absolute atomic E-state index is 0.00667. The van der Waals surface area contributed by atoms with Gasteiger partial charge >= 0.3 is 0 Å². The van der Waals surface area contributed by atoms with E-state index in [2.05, 4.69) is 5.32 Å². The van der Waals surface area contributed by atoms with Crippen molar-refractivity contribution in [1.29, 1.82) is 0 Å². The molecule has 2 rings (SSSR count). The molecule has 0 saturated heterocycles. The van der Waals surface area contributed by atoms with E-state index in [0.717, 1.165) is 21.7 Å². The SMILES string of the molecule is Cc1ccccc1NC(=O)CSc1ccc(CN)cc1. The van der Waals surface area contributed by atoms with Gasteiger partial charge in [0.2, 0.25) is 5.91 Å². The van der Waals surface area contributed by atoms with Crippen molar-refractivity contribution in [2.75, 3.05) is 11.1 Å². The van der Waals surface area contributed by atoms with E-state index in [0.29, 0.717) is 12.3 Å². The molecule has 0 aromatic heterocycles. The molecule has 0 aliphatic carbocycles. The van der Waals surface area contributed by atoms with Crippen LogP contribution in [0.25, 0.3) is 0 Å². The molecule has 0 spiro atoms. The Morgan fingerprint density at radius 1 is 1.15 bits per heavy atom. The molecule has 0 aliphatic rings. The Bertz CT molecular complexity index is 581. The second-order valence-electron chi connectivity index (χ2n) is 4.50. The summed E-state index contributed by atoms with van der Waals surface area (Å²) < 4.78 is 0. The number of rotatable bonds is 5. The Labute approximate surface area is 123 Å². The van der Waals surface area contributed by atoms with Gasteiger partial charge in [0.15, 0.2) is 0 Å². The summed E-state index contributed by atoms with van der Waals surface area (Å²) in [5, 5.41) is 2.92. The van der Waals surface area contributed by atoms with Crippen LogP contribution < -0.4 is 11.1 Å². The first-order valence-electron chi connectivity index (χ1n) is 6.46. The van der Waals surface area contributed by atoms with E-state index in [1.165, 1.54) is 11.8 Å². The summed E-state index contributed by atoms with van der Waals surface area (Å²) >= 11 is 1.52. The van der Waals surface area contributed by atoms with Crippen LogP contribution in [0.2, 0.25) is 0 Å². The Morgan fingerprint density at radius 3 is 2.50 bits per heavy atom. The van der Waals surface area contributed by atoms with Crippen molar-refractivity contribution < 1.29 is 4.79 Å². The molecule has 0 bridgehead atoms. The summed E-state index contributed by atoms with van der Waals surface area (Å²) in [5.41, 5.74) is 8.59. The maximum Gasteiger partial charge on any atom is 0.234 e. The minimum atomic E-state index is 0.00667. The van der Waals surface area contributed by atoms with E-state index < -0.39 is 0 Å². The first-order valence-corrected chi connectivity index (χ1v) is 7.45. The van der Waals surface area contributed by atoms with E-state index >= 15 is 0 Å². The predicted molar refractivity (Wildman–Crippen MR) is 84.9 cm³/mol. The van der Waals surface area contributed by atoms with E-state index in [1.807, 2.05) is 55.5 Å². The largest absolute Gasteiger partial charge is 0.326 e. The molecule has 1 amide bonds. The van der Waals surface area contributed by atoms with Gasteiger partial charge < -0.3 is 11.1 Å². The third kappa shape index (κ3) is 4.11. The van der Waals surface area contributed by atoms with Crippen LogP contribution in [0, 0.1) is 6.92 Å². The summed E-state index contributed by atoms with van der Waals surface area (Å²) in [6, 6.07) is 15.7. The monoisotopic (exact) mass is 286 g/mol. The van der Waals surface area contributed by atoms with Gasteiger partial charge in [0.25, 0.3) is 0 Å². The first-order chi connectivity index (χ1) is 9.69. The number of nitrogens with one attached hydrogen (secondary N) is 1. The number of carbonyl (C=O) groups is 1. The quantitative estimate of drug-likeness (QED) is 0.830. The van der Waals surface area contributed by atoms with Crippen LogP contribution >= 0.6 is 11.8 Å². The fourth-order valence-corrected chi connectivity index (χ4v) is 2.47. The molecule has 20 heavy (non-hydrogen) atoms. The van der Waals surface area contributed by atoms with Gasteiger partial charge in [-0.2, -0.15) is 0 Å². The molecule has 0 heterocycles. The molecule has 3 N–H and O–H groups in total. The summed E-state index contributed by atoms with van der Waals surface area (Å²) in [6.45, 7) is 2.52. The molecule has 0 radical (unpaired) electrons. The number of para-hydroxylation sites is 1. The number of carbonyl (C=O) groups excluding carboxylic acids is 1. The van der Waals surface area contributed by atoms with Gasteiger partial charge in [0.1, 0.15) is 0 Å². The average Bonchev–Trinajstić information content (AvgIpc) is 2.48. The number of thioether (sulfide) groups is 1. The van der Waals surface area contributed by atoms with Crippen LogP contribution in [-0.2, 0) is 11.3 Å². The standard InChI is InChI=1S/C16H18N2OS/c1-12-4-2-3-5-15(12)18-16(19)11-20-14-8-6-13(10-17)7-9-14/h2-9H,10-11,17H2,1H3,(H,18,19). The van der Waals surface area contributed by atoms with Crippen molar-refractivity contribution >= 4 is 23.4 Å². The Balaban J connectivity index is 1.87. The minimum Gasteiger partial charge on any atom is -0.326 e. The normalized spacial score (nSPS) is 10.3. The van der Waals surface area contributed by atoms with E-state index in [4.69, 9.17) is 5.73 Å². The maximum absolute atomic E-state index is 11.9. The van der Waals surface area contributed by atoms with Crippen molar-refractivity contribution in [3.05, 3.63) is 59.7 Å². The van der Waals surface area contributed by atoms with Crippen molar-refractivity contribution in [2.45, 2.75) is 18.4 Å². The van der Waals surface area contributed by atoms with Crippen molar-refractivity contribution in [3.8, 4) is 0 Å². The molecular formula is C16H18N2OS. The lowest BCUT2D eigenvalue weighted by atomic mass is 10.2. The van der Waals surface area contributed by atoms with Crippen LogP contribution in [0.1, 0.15) is 11.1 Å². The molecule has 0 unspecified atom stereocenters. The molecule has 3 nitrogen and oxygen atoms in total. The summed E-state index contributed by atoms with van der Waals surface area (Å²) in [5.74, 6) is 0.406. The van der Waals surface area contributed by atoms with Gasteiger partial charge in [-0.3, -0.25) is 4.79 Å². The molecule has 0 saturated carbocycles. The molecular weight excluding hydrogens is 268 g/mol. The Kier molecular flexibility index (Phi) is 5.21. The van der Waals surface area contributed by atoms with Crippen molar-refractivity contribution in [3.63, 3.8) is 0 Å². The number of hydrogen-bond acceptors (Lipinski definition) is 3. The first kappa shape index (κ1) is 14.6. The van der Waals surface area contributed by atoms with Crippen LogP contribution in [0.3, 0.4) is 0 Å². The van der Waals surface area contributed by atoms with Crippen LogP contribution in [0.4, 0.5) is 5.69 Å². The highest BCUT2D eigenvalue weighted by Crippen LogP contribution is 2.19. The van der Waals surface area contributed by atoms with Crippen molar-refractivity contribution in [1.82, 2.24) is 0 Å². The van der Waals surface area contributed by atoms with Gasteiger partial charge in [-0.1, -0.05) is 30.3 Å². The Morgan fingerprint density at radius 2 is 1.85 bits per heavy atom. The molecule has 4 heteroatoms. The van der Waals surface area contributed by atoms with Crippen LogP contribution in [0.15, 0.2) is 53.4 Å². The van der Waals surface area contributed by atoms with E-state index in [1.54, 1.807) is 0 Å². The maximum atomic E-state index is 11.9. The molecule has 2 aromatic rings. The smallest absolute Gasteiger partial charge is 0.234 e. The van der Waals surface area contributed by atoms with Gasteiger partial charge in [-0.05, 0) is 36.2 Å². The molecule has 104 valence electrons. The molecule has 2 aromatic carbocycles. The average molecular weight is 286 g/mol. The third-order valence-electron chi connectivity index (χ3n) is 2.95. The zero-order valence-corrected chi connectivity index (χ0v) is 12.2. The lowest BCUT2D eigenvalue weighted by Gasteiger charge is -2.08. The van der Waals surface area contributed by atoms with Gasteiger partial charge in [0.05, 0.1) is 5.75 Å². The summed E-state index contributed by atoms with van der Waals surface area (Å²) in [6.07, 6.45) is 0. The summed E-state index contributed by atoms with van der Waals surface area (Å²) in [4.78, 5) is 13.0. The molecule has 0 aliphatic heterocycles. The zero-order chi connectivity index (χ0) is 14.4. The number of anilines is 1. The zero-order valence-electron chi connectivity index (χ0n) is 11.4. The fourth-order valence-electron chi connectivity index (χ4n) is 1.77. The van der Waals surface area contributed by atoms with Crippen LogP contribution in [-0.4, -0.2) is 11.7 Å². The lowest BCUT2D eigenvalue weighted by Crippen LogP contribution is -2.14. The van der Waals surface area contributed by atoms with Gasteiger partial charge in [0, 0.05) is 17.1 Å². The van der Waals surface area contributed by atoms with E-state index in [-0.39, 0.29) is 5.91 Å². The van der Waals surface area contributed by atoms with Gasteiger partial charge in [-0.15, -0.1) is 11.8 Å². The molecule has 0 fully saturated rings. The molecule has 0 atom stereocenters. The van der Waals surface area contributed by atoms with Crippen LogP contribution in [0.5, 0.6) is 0 Å². The second kappa shape index (κ2) is 7.12. The second-order valence-corrected chi connectivity index (χ2v) is 5.55. The van der Waals surface area contributed by atoms with Gasteiger partial charge in [-0.25, -0.2) is 0 Å². The topological polar surface area (TPSA) is 55.1 Å². The Hall–Kier alpha value is -1.78. The number of amides is 1. The highest BCUT2D eigenvalue weighted by molar-refractivity contribution is 8.00. The predicted octanol–water partition coefficient (Wildman–Crippen LogP) is 3.18. The van der Waals surface area contributed by atoms with E-state index in [9.17, 15) is 4.79 Å². The number of aryl methyl sites for hydroxylation is 1.